The fourth-order valence-corrected chi connectivity index (χ4v) is 3.71. The van der Waals surface area contributed by atoms with Crippen LogP contribution in [0.15, 0.2) is 42.5 Å². The van der Waals surface area contributed by atoms with Crippen LogP contribution in [-0.4, -0.2) is 31.4 Å². The van der Waals surface area contributed by atoms with E-state index >= 15 is 0 Å². The van der Waals surface area contributed by atoms with Crippen LogP contribution in [-0.2, 0) is 0 Å². The normalized spacial score (nSPS) is 10.5. The molecule has 0 bridgehead atoms. The molecule has 0 aromatic heterocycles. The molecular weight excluding hydrogens is 223 g/mol. The first-order chi connectivity index (χ1) is 5.92. The van der Waals surface area contributed by atoms with Gasteiger partial charge in [0.2, 0.25) is 0 Å². The van der Waals surface area contributed by atoms with E-state index in [9.17, 15) is 0 Å². The van der Waals surface area contributed by atoms with Gasteiger partial charge in [0.05, 0.1) is 0 Å². The summed E-state index contributed by atoms with van der Waals surface area (Å²) in [6.07, 6.45) is 0. The first-order valence-electron chi connectivity index (χ1n) is 3.81. The molecule has 0 unspecified atom stereocenters. The van der Waals surface area contributed by atoms with Gasteiger partial charge in [-0.1, -0.05) is 0 Å². The van der Waals surface area contributed by atoms with Gasteiger partial charge in [-0.2, -0.15) is 0 Å². The molecule has 0 aliphatic carbocycles. The number of fused-ring (bicyclic) bond motifs is 1. The number of hydrogen-bond acceptors (Lipinski definition) is 0. The first kappa shape index (κ1) is 8.58. The average Bonchev–Trinajstić information content (AvgIpc) is 2.17. The van der Waals surface area contributed by atoms with Crippen molar-refractivity contribution >= 4 is 46.7 Å². The third-order valence-corrected chi connectivity index (χ3v) is 4.92. The summed E-state index contributed by atoms with van der Waals surface area (Å²) in [7, 11) is 0. The Hall–Kier alpha value is -0.0143. The van der Waals surface area contributed by atoms with Crippen LogP contribution in [0.1, 0.15) is 0 Å². The van der Waals surface area contributed by atoms with E-state index < -0.39 is 0 Å². The topological polar surface area (TPSA) is 0 Å². The monoisotopic (exact) mass is 231 g/mol. The molecule has 54 valence electrons. The van der Waals surface area contributed by atoms with Crippen LogP contribution >= 0.6 is 0 Å². The first-order valence-corrected chi connectivity index (χ1v) is 8.88. The summed E-state index contributed by atoms with van der Waals surface area (Å²) in [5.41, 5.74) is 0. The van der Waals surface area contributed by atoms with Gasteiger partial charge in [-0.25, -0.2) is 0 Å². The summed E-state index contributed by atoms with van der Waals surface area (Å²) in [4.78, 5) is 0. The van der Waals surface area contributed by atoms with Crippen LogP contribution in [0.3, 0.4) is 0 Å². The molecule has 2 aromatic carbocycles. The molecule has 0 aliphatic heterocycles. The number of benzene rings is 2. The third kappa shape index (κ3) is 1.53. The van der Waals surface area contributed by atoms with Crippen molar-refractivity contribution in [2.24, 2.45) is 0 Å². The Kier molecular flexibility index (Phi) is 2.71. The molecule has 0 atom stereocenters. The second kappa shape index (κ2) is 3.80. The van der Waals surface area contributed by atoms with Crippen LogP contribution < -0.4 is 4.46 Å². The number of rotatable bonds is 1. The van der Waals surface area contributed by atoms with Crippen molar-refractivity contribution in [2.45, 2.75) is 0 Å². The molecule has 0 N–H and O–H groups in total. The predicted molar refractivity (Wildman–Crippen MR) is 55.1 cm³/mol. The zero-order chi connectivity index (χ0) is 8.39. The van der Waals surface area contributed by atoms with Crippen molar-refractivity contribution in [3.8, 4) is 0 Å². The fraction of sp³-hybridized carbons (Fsp3) is 0. The molecule has 0 aliphatic rings. The van der Waals surface area contributed by atoms with Crippen molar-refractivity contribution < 1.29 is 0 Å². The maximum absolute atomic E-state index is 2.23. The molecule has 0 amide bonds. The fourth-order valence-electron chi connectivity index (χ4n) is 1.32. The van der Waals surface area contributed by atoms with Crippen LogP contribution in [0.4, 0.5) is 0 Å². The second-order valence-corrected chi connectivity index (χ2v) is 5.65. The molecule has 0 fully saturated rings. The standard InChI is InChI=1S/C10H8Se.Mg/c11-10-7-3-5-8-4-1-2-6-9(8)10;/h1-7,11H;/q;+2/p-1. The maximum atomic E-state index is 2.23. The Morgan fingerprint density at radius 3 is 2.50 bits per heavy atom. The molecule has 0 radical (unpaired) electrons. The van der Waals surface area contributed by atoms with Crippen molar-refractivity contribution in [1.82, 2.24) is 0 Å². The Labute approximate surface area is 88.7 Å². The second-order valence-electron chi connectivity index (χ2n) is 2.62. The third-order valence-electron chi connectivity index (χ3n) is 1.91. The van der Waals surface area contributed by atoms with E-state index in [2.05, 4.69) is 62.0 Å². The average molecular weight is 230 g/mol. The van der Waals surface area contributed by atoms with Gasteiger partial charge in [0.1, 0.15) is 0 Å². The van der Waals surface area contributed by atoms with Gasteiger partial charge in [-0.15, -0.1) is 0 Å². The minimum atomic E-state index is 0.626. The summed E-state index contributed by atoms with van der Waals surface area (Å²) in [5, 5.41) is 2.79. The summed E-state index contributed by atoms with van der Waals surface area (Å²) >= 11 is 2.69. The molecule has 2 heteroatoms. The summed E-state index contributed by atoms with van der Waals surface area (Å²) in [6.45, 7) is 0. The zero-order valence-corrected chi connectivity index (χ0v) is 9.78. The number of hydrogen-bond donors (Lipinski definition) is 0. The molecule has 0 nitrogen and oxygen atoms in total. The van der Waals surface area contributed by atoms with Crippen LogP contribution in [0.5, 0.6) is 0 Å². The summed E-state index contributed by atoms with van der Waals surface area (Å²) in [6, 6.07) is 15.1. The van der Waals surface area contributed by atoms with Gasteiger partial charge in [-0.05, 0) is 0 Å². The van der Waals surface area contributed by atoms with Crippen molar-refractivity contribution in [3.05, 3.63) is 42.5 Å². The van der Waals surface area contributed by atoms with Crippen LogP contribution in [0, 0.1) is 0 Å². The van der Waals surface area contributed by atoms with E-state index in [1.165, 1.54) is 15.2 Å². The molecule has 0 saturated carbocycles. The Morgan fingerprint density at radius 1 is 0.917 bits per heavy atom. The molecule has 0 spiro atoms. The Balaban J connectivity index is 2.79. The molecule has 12 heavy (non-hydrogen) atoms. The van der Waals surface area contributed by atoms with E-state index in [-0.39, 0.29) is 0 Å². The van der Waals surface area contributed by atoms with Crippen molar-refractivity contribution in [3.63, 3.8) is 0 Å². The molecule has 2 rings (SSSR count). The van der Waals surface area contributed by atoms with Gasteiger partial charge < -0.3 is 0 Å². The summed E-state index contributed by atoms with van der Waals surface area (Å²) < 4.78 is 1.51. The van der Waals surface area contributed by atoms with Gasteiger partial charge in [-0.3, -0.25) is 0 Å². The van der Waals surface area contributed by atoms with Gasteiger partial charge >= 0.3 is 89.1 Å². The molecule has 2 aromatic rings. The van der Waals surface area contributed by atoms with E-state index in [0.717, 1.165) is 0 Å². The van der Waals surface area contributed by atoms with Gasteiger partial charge in [0.15, 0.2) is 0 Å². The minimum absolute atomic E-state index is 0.626. The summed E-state index contributed by atoms with van der Waals surface area (Å²) in [5.74, 6) is 0. The predicted octanol–water partition coefficient (Wildman–Crippen LogP) is 1.25. The molecular formula is C10H7MgSe+. The Morgan fingerprint density at radius 2 is 1.67 bits per heavy atom. The SMILES string of the molecule is [Mg+][Se]c1cccc2ccccc12. The van der Waals surface area contributed by atoms with Gasteiger partial charge in [0.25, 0.3) is 0 Å². The quantitative estimate of drug-likeness (QED) is 0.647. The molecule has 0 saturated heterocycles. The molecule has 0 heterocycles. The van der Waals surface area contributed by atoms with E-state index in [0.29, 0.717) is 11.9 Å². The Bertz CT molecular complexity index is 392. The van der Waals surface area contributed by atoms with Gasteiger partial charge in [0, 0.05) is 0 Å². The van der Waals surface area contributed by atoms with E-state index in [1.807, 2.05) is 0 Å². The van der Waals surface area contributed by atoms with E-state index in [4.69, 9.17) is 0 Å². The van der Waals surface area contributed by atoms with Crippen LogP contribution in [0.25, 0.3) is 10.8 Å². The zero-order valence-electron chi connectivity index (χ0n) is 6.66. The van der Waals surface area contributed by atoms with Crippen molar-refractivity contribution in [2.75, 3.05) is 0 Å². The van der Waals surface area contributed by atoms with Crippen LogP contribution in [0.2, 0.25) is 0 Å². The van der Waals surface area contributed by atoms with Crippen molar-refractivity contribution in [1.29, 1.82) is 0 Å². The van der Waals surface area contributed by atoms with E-state index in [1.54, 1.807) is 0 Å².